The van der Waals surface area contributed by atoms with Crippen LogP contribution in [0.25, 0.3) is 0 Å². The van der Waals surface area contributed by atoms with Gasteiger partial charge in [0.25, 0.3) is 5.91 Å². The quantitative estimate of drug-likeness (QED) is 0.785. The van der Waals surface area contributed by atoms with Crippen molar-refractivity contribution in [2.24, 2.45) is 7.05 Å². The van der Waals surface area contributed by atoms with E-state index in [1.807, 2.05) is 20.2 Å². The average Bonchev–Trinajstić information content (AvgIpc) is 2.76. The maximum atomic E-state index is 12.0. The molecule has 0 aliphatic rings. The fourth-order valence-electron chi connectivity index (χ4n) is 2.01. The molecule has 0 radical (unpaired) electrons. The molecule has 0 spiro atoms. The molecule has 1 heterocycles. The second-order valence-corrected chi connectivity index (χ2v) is 4.51. The number of nitrogens with zero attached hydrogens (tertiary/aromatic N) is 2. The van der Waals surface area contributed by atoms with E-state index in [-0.39, 0.29) is 17.1 Å². The average molecular weight is 275 g/mol. The third-order valence-electron chi connectivity index (χ3n) is 2.99. The highest BCUT2D eigenvalue weighted by Gasteiger charge is 2.13. The van der Waals surface area contributed by atoms with Crippen LogP contribution in [-0.2, 0) is 20.0 Å². The molecule has 1 aromatic heterocycles. The van der Waals surface area contributed by atoms with Crippen molar-refractivity contribution in [2.45, 2.75) is 19.9 Å². The third kappa shape index (κ3) is 2.90. The van der Waals surface area contributed by atoms with E-state index in [1.165, 1.54) is 12.1 Å². The summed E-state index contributed by atoms with van der Waals surface area (Å²) >= 11 is 0. The first-order chi connectivity index (χ1) is 9.51. The van der Waals surface area contributed by atoms with E-state index in [9.17, 15) is 15.0 Å². The van der Waals surface area contributed by atoms with Crippen LogP contribution in [0.2, 0.25) is 0 Å². The van der Waals surface area contributed by atoms with E-state index in [4.69, 9.17) is 0 Å². The number of carbonyl (C=O) groups excluding carboxylic acids is 1. The van der Waals surface area contributed by atoms with E-state index in [0.29, 0.717) is 6.54 Å². The van der Waals surface area contributed by atoms with Crippen molar-refractivity contribution in [1.82, 2.24) is 15.1 Å². The van der Waals surface area contributed by atoms with Crippen molar-refractivity contribution < 1.29 is 15.0 Å². The van der Waals surface area contributed by atoms with Gasteiger partial charge in [-0.05, 0) is 18.6 Å². The molecule has 6 heteroatoms. The minimum atomic E-state index is -0.395. The normalized spacial score (nSPS) is 10.5. The lowest BCUT2D eigenvalue weighted by molar-refractivity contribution is 0.0948. The zero-order valence-corrected chi connectivity index (χ0v) is 11.4. The summed E-state index contributed by atoms with van der Waals surface area (Å²) in [6.07, 6.45) is 2.65. The van der Waals surface area contributed by atoms with Crippen LogP contribution < -0.4 is 5.32 Å². The summed E-state index contributed by atoms with van der Waals surface area (Å²) in [6, 6.07) is 3.87. The summed E-state index contributed by atoms with van der Waals surface area (Å²) in [7, 11) is 1.83. The lowest BCUT2D eigenvalue weighted by Gasteiger charge is -2.07. The van der Waals surface area contributed by atoms with Gasteiger partial charge in [0.2, 0.25) is 0 Å². The van der Waals surface area contributed by atoms with Gasteiger partial charge in [-0.3, -0.25) is 9.48 Å². The Morgan fingerprint density at radius 3 is 2.80 bits per heavy atom. The predicted molar refractivity (Wildman–Crippen MR) is 73.5 cm³/mol. The number of hydrogen-bond donors (Lipinski definition) is 3. The number of aryl methyl sites for hydroxylation is 2. The molecule has 2 aromatic rings. The van der Waals surface area contributed by atoms with Crippen LogP contribution in [0, 0.1) is 0 Å². The summed E-state index contributed by atoms with van der Waals surface area (Å²) in [5.41, 5.74) is 2.01. The maximum absolute atomic E-state index is 12.0. The highest BCUT2D eigenvalue weighted by Crippen LogP contribution is 2.22. The lowest BCUT2D eigenvalue weighted by atomic mass is 10.1. The summed E-state index contributed by atoms with van der Waals surface area (Å²) in [6.45, 7) is 2.34. The smallest absolute Gasteiger partial charge is 0.255 e. The van der Waals surface area contributed by atoms with Crippen LogP contribution in [0.1, 0.15) is 28.5 Å². The van der Waals surface area contributed by atoms with Crippen LogP contribution in [0.15, 0.2) is 24.4 Å². The molecule has 6 nitrogen and oxygen atoms in total. The highest BCUT2D eigenvalue weighted by atomic mass is 16.3. The fourth-order valence-corrected chi connectivity index (χ4v) is 2.01. The van der Waals surface area contributed by atoms with Gasteiger partial charge in [-0.25, -0.2) is 0 Å². The van der Waals surface area contributed by atoms with Crippen LogP contribution in [0.4, 0.5) is 0 Å². The Balaban J connectivity index is 2.08. The Labute approximate surface area is 116 Å². The molecule has 0 aliphatic heterocycles. The van der Waals surface area contributed by atoms with Gasteiger partial charge >= 0.3 is 0 Å². The zero-order valence-electron chi connectivity index (χ0n) is 11.4. The number of aromatic nitrogens is 2. The second kappa shape index (κ2) is 5.64. The maximum Gasteiger partial charge on any atom is 0.255 e. The third-order valence-corrected chi connectivity index (χ3v) is 2.99. The molecule has 0 bridgehead atoms. The number of aromatic hydroxyl groups is 2. The Hall–Kier alpha value is -2.50. The summed E-state index contributed by atoms with van der Waals surface area (Å²) in [5, 5.41) is 25.8. The van der Waals surface area contributed by atoms with Crippen molar-refractivity contribution in [1.29, 1.82) is 0 Å². The molecule has 0 aliphatic carbocycles. The molecule has 0 saturated carbocycles. The molecule has 1 aromatic carbocycles. The minimum Gasteiger partial charge on any atom is -0.508 e. The monoisotopic (exact) mass is 275 g/mol. The van der Waals surface area contributed by atoms with E-state index in [2.05, 4.69) is 10.4 Å². The van der Waals surface area contributed by atoms with Crippen molar-refractivity contribution in [2.75, 3.05) is 0 Å². The topological polar surface area (TPSA) is 87.4 Å². The predicted octanol–water partition coefficient (Wildman–Crippen LogP) is 1.32. The molecule has 0 unspecified atom stereocenters. The Morgan fingerprint density at radius 2 is 2.15 bits per heavy atom. The molecule has 1 amide bonds. The highest BCUT2D eigenvalue weighted by molar-refractivity contribution is 5.96. The first kappa shape index (κ1) is 13.9. The number of rotatable bonds is 4. The number of amides is 1. The van der Waals surface area contributed by atoms with Crippen molar-refractivity contribution >= 4 is 5.91 Å². The van der Waals surface area contributed by atoms with Crippen LogP contribution in [-0.4, -0.2) is 25.9 Å². The van der Waals surface area contributed by atoms with E-state index < -0.39 is 5.91 Å². The molecule has 2 rings (SSSR count). The Morgan fingerprint density at radius 1 is 1.40 bits per heavy atom. The van der Waals surface area contributed by atoms with Crippen LogP contribution >= 0.6 is 0 Å². The van der Waals surface area contributed by atoms with Gasteiger partial charge in [-0.2, -0.15) is 5.10 Å². The minimum absolute atomic E-state index is 0.0837. The second-order valence-electron chi connectivity index (χ2n) is 4.51. The molecular formula is C14H17N3O3. The van der Waals surface area contributed by atoms with E-state index in [0.717, 1.165) is 23.7 Å². The van der Waals surface area contributed by atoms with Crippen LogP contribution in [0.5, 0.6) is 11.5 Å². The van der Waals surface area contributed by atoms with Gasteiger partial charge in [0, 0.05) is 31.4 Å². The zero-order chi connectivity index (χ0) is 14.7. The number of nitrogens with one attached hydrogen (secondary N) is 1. The first-order valence-corrected chi connectivity index (χ1v) is 6.32. The number of hydrogen-bond acceptors (Lipinski definition) is 4. The van der Waals surface area contributed by atoms with Gasteiger partial charge in [0.1, 0.15) is 11.5 Å². The Bertz CT molecular complexity index is 635. The van der Waals surface area contributed by atoms with Gasteiger partial charge in [-0.1, -0.05) is 6.92 Å². The van der Waals surface area contributed by atoms with Crippen molar-refractivity contribution in [3.8, 4) is 11.5 Å². The molecule has 0 fully saturated rings. The number of phenolic OH excluding ortho intramolecular Hbond substituents is 2. The SMILES string of the molecule is CCc1nn(C)cc1CNC(=O)c1ccc(O)cc1O. The lowest BCUT2D eigenvalue weighted by Crippen LogP contribution is -2.23. The van der Waals surface area contributed by atoms with Gasteiger partial charge in [0.15, 0.2) is 0 Å². The summed E-state index contributed by atoms with van der Waals surface area (Å²) in [4.78, 5) is 12.0. The Kier molecular flexibility index (Phi) is 3.93. The van der Waals surface area contributed by atoms with Gasteiger partial charge in [0.05, 0.1) is 11.3 Å². The molecule has 106 valence electrons. The molecular weight excluding hydrogens is 258 g/mol. The van der Waals surface area contributed by atoms with Crippen molar-refractivity contribution in [3.63, 3.8) is 0 Å². The summed E-state index contributed by atoms with van der Waals surface area (Å²) < 4.78 is 1.71. The van der Waals surface area contributed by atoms with E-state index >= 15 is 0 Å². The van der Waals surface area contributed by atoms with Crippen molar-refractivity contribution in [3.05, 3.63) is 41.2 Å². The van der Waals surface area contributed by atoms with E-state index in [1.54, 1.807) is 4.68 Å². The number of benzene rings is 1. The van der Waals surface area contributed by atoms with Crippen LogP contribution in [0.3, 0.4) is 0 Å². The molecule has 3 N–H and O–H groups in total. The van der Waals surface area contributed by atoms with Gasteiger partial charge in [-0.15, -0.1) is 0 Å². The fraction of sp³-hybridized carbons (Fsp3) is 0.286. The standard InChI is InChI=1S/C14H17N3O3/c1-3-12-9(8-17(2)16-12)7-15-14(20)11-5-4-10(18)6-13(11)19/h4-6,8,18-19H,3,7H2,1-2H3,(H,15,20). The summed E-state index contributed by atoms with van der Waals surface area (Å²) in [5.74, 6) is -0.725. The first-order valence-electron chi connectivity index (χ1n) is 6.32. The molecule has 20 heavy (non-hydrogen) atoms. The number of phenols is 2. The van der Waals surface area contributed by atoms with Gasteiger partial charge < -0.3 is 15.5 Å². The molecule has 0 atom stereocenters. The molecule has 0 saturated heterocycles. The number of carbonyl (C=O) groups is 1. The largest absolute Gasteiger partial charge is 0.508 e.